The number of nitrogens with two attached hydrogens (primary N) is 1. The van der Waals surface area contributed by atoms with Crippen LogP contribution >= 0.6 is 11.6 Å². The lowest BCUT2D eigenvalue weighted by Gasteiger charge is -2.21. The van der Waals surface area contributed by atoms with Gasteiger partial charge in [0.2, 0.25) is 0 Å². The zero-order valence-corrected chi connectivity index (χ0v) is 10.3. The van der Waals surface area contributed by atoms with E-state index in [0.29, 0.717) is 12.0 Å². The SMILES string of the molecule is CCC[C@H](O)[C@H](N)c1c(Cl)ccc(C)c1F. The molecule has 4 heteroatoms. The van der Waals surface area contributed by atoms with Gasteiger partial charge in [-0.3, -0.25) is 0 Å². The predicted molar refractivity (Wildman–Crippen MR) is 64.0 cm³/mol. The molecule has 2 nitrogen and oxygen atoms in total. The van der Waals surface area contributed by atoms with Crippen molar-refractivity contribution in [2.45, 2.75) is 38.8 Å². The molecular formula is C12H17ClFNO. The summed E-state index contributed by atoms with van der Waals surface area (Å²) in [6.45, 7) is 3.58. The predicted octanol–water partition coefficient (Wildman–Crippen LogP) is 2.95. The molecular weight excluding hydrogens is 229 g/mol. The van der Waals surface area contributed by atoms with Crippen LogP contribution in [0.5, 0.6) is 0 Å². The third kappa shape index (κ3) is 2.73. The van der Waals surface area contributed by atoms with Gasteiger partial charge in [-0.25, -0.2) is 4.39 Å². The Kier molecular flexibility index (Phi) is 4.71. The van der Waals surface area contributed by atoms with Crippen molar-refractivity contribution in [1.82, 2.24) is 0 Å². The van der Waals surface area contributed by atoms with Crippen LogP contribution in [-0.4, -0.2) is 11.2 Å². The van der Waals surface area contributed by atoms with E-state index in [-0.39, 0.29) is 10.6 Å². The van der Waals surface area contributed by atoms with E-state index < -0.39 is 18.0 Å². The Labute approximate surface area is 100 Å². The second-order valence-corrected chi connectivity index (χ2v) is 4.38. The minimum absolute atomic E-state index is 0.211. The van der Waals surface area contributed by atoms with Crippen LogP contribution in [0.2, 0.25) is 5.02 Å². The van der Waals surface area contributed by atoms with E-state index in [2.05, 4.69) is 0 Å². The van der Waals surface area contributed by atoms with Gasteiger partial charge in [-0.1, -0.05) is 31.0 Å². The van der Waals surface area contributed by atoms with Gasteiger partial charge >= 0.3 is 0 Å². The second-order valence-electron chi connectivity index (χ2n) is 3.97. The monoisotopic (exact) mass is 245 g/mol. The maximum absolute atomic E-state index is 13.8. The maximum atomic E-state index is 13.8. The van der Waals surface area contributed by atoms with Crippen LogP contribution in [-0.2, 0) is 0 Å². The van der Waals surface area contributed by atoms with Crippen LogP contribution in [0.1, 0.15) is 36.9 Å². The highest BCUT2D eigenvalue weighted by Crippen LogP contribution is 2.29. The molecule has 0 bridgehead atoms. The Hall–Kier alpha value is -0.640. The first-order chi connectivity index (χ1) is 7.49. The Morgan fingerprint density at radius 2 is 2.12 bits per heavy atom. The summed E-state index contributed by atoms with van der Waals surface area (Å²) >= 11 is 5.91. The summed E-state index contributed by atoms with van der Waals surface area (Å²) in [7, 11) is 0. The number of aliphatic hydroxyl groups is 1. The quantitative estimate of drug-likeness (QED) is 0.857. The van der Waals surface area contributed by atoms with Crippen LogP contribution in [0, 0.1) is 12.7 Å². The molecule has 0 aliphatic carbocycles. The molecule has 1 aromatic rings. The molecule has 0 unspecified atom stereocenters. The smallest absolute Gasteiger partial charge is 0.132 e. The first-order valence-corrected chi connectivity index (χ1v) is 5.75. The number of rotatable bonds is 4. The molecule has 0 fully saturated rings. The van der Waals surface area contributed by atoms with Crippen LogP contribution in [0.25, 0.3) is 0 Å². The molecule has 3 N–H and O–H groups in total. The number of aliphatic hydroxyl groups excluding tert-OH is 1. The highest BCUT2D eigenvalue weighted by Gasteiger charge is 2.23. The van der Waals surface area contributed by atoms with Crippen molar-refractivity contribution in [2.75, 3.05) is 0 Å². The zero-order valence-electron chi connectivity index (χ0n) is 9.50. The number of hydrogen-bond donors (Lipinski definition) is 2. The largest absolute Gasteiger partial charge is 0.391 e. The Balaban J connectivity index is 3.07. The van der Waals surface area contributed by atoms with E-state index in [9.17, 15) is 9.50 Å². The Morgan fingerprint density at radius 1 is 1.50 bits per heavy atom. The van der Waals surface area contributed by atoms with Crippen LogP contribution in [0.15, 0.2) is 12.1 Å². The highest BCUT2D eigenvalue weighted by molar-refractivity contribution is 6.31. The molecule has 0 heterocycles. The summed E-state index contributed by atoms with van der Waals surface area (Å²) in [4.78, 5) is 0. The lowest BCUT2D eigenvalue weighted by molar-refractivity contribution is 0.133. The molecule has 0 amide bonds. The molecule has 1 aromatic carbocycles. The van der Waals surface area contributed by atoms with E-state index in [4.69, 9.17) is 17.3 Å². The lowest BCUT2D eigenvalue weighted by atomic mass is 9.97. The molecule has 0 aliphatic heterocycles. The van der Waals surface area contributed by atoms with E-state index >= 15 is 0 Å². The van der Waals surface area contributed by atoms with Gasteiger partial charge in [-0.05, 0) is 25.0 Å². The van der Waals surface area contributed by atoms with Gasteiger partial charge < -0.3 is 10.8 Å². The topological polar surface area (TPSA) is 46.2 Å². The van der Waals surface area contributed by atoms with Crippen molar-refractivity contribution in [3.63, 3.8) is 0 Å². The van der Waals surface area contributed by atoms with Gasteiger partial charge in [0, 0.05) is 10.6 Å². The molecule has 0 saturated carbocycles. The molecule has 0 radical (unpaired) electrons. The summed E-state index contributed by atoms with van der Waals surface area (Å²) in [5, 5.41) is 10.0. The molecule has 2 atom stereocenters. The van der Waals surface area contributed by atoms with Crippen molar-refractivity contribution < 1.29 is 9.50 Å². The minimum Gasteiger partial charge on any atom is -0.391 e. The van der Waals surface area contributed by atoms with Crippen LogP contribution < -0.4 is 5.73 Å². The summed E-state index contributed by atoms with van der Waals surface area (Å²) in [6, 6.07) is 2.43. The molecule has 0 saturated heterocycles. The average molecular weight is 246 g/mol. The van der Waals surface area contributed by atoms with Gasteiger partial charge in [0.15, 0.2) is 0 Å². The van der Waals surface area contributed by atoms with Crippen molar-refractivity contribution in [2.24, 2.45) is 5.73 Å². The minimum atomic E-state index is -0.771. The van der Waals surface area contributed by atoms with Crippen molar-refractivity contribution in [3.8, 4) is 0 Å². The summed E-state index contributed by atoms with van der Waals surface area (Å²) in [5.74, 6) is -0.421. The average Bonchev–Trinajstić information content (AvgIpc) is 2.24. The van der Waals surface area contributed by atoms with Gasteiger partial charge in [-0.2, -0.15) is 0 Å². The van der Waals surface area contributed by atoms with E-state index in [0.717, 1.165) is 6.42 Å². The van der Waals surface area contributed by atoms with Crippen LogP contribution in [0.3, 0.4) is 0 Å². The first-order valence-electron chi connectivity index (χ1n) is 5.37. The highest BCUT2D eigenvalue weighted by atomic mass is 35.5. The van der Waals surface area contributed by atoms with E-state index in [1.54, 1.807) is 19.1 Å². The number of aryl methyl sites for hydroxylation is 1. The molecule has 0 aromatic heterocycles. The van der Waals surface area contributed by atoms with E-state index in [1.807, 2.05) is 6.92 Å². The zero-order chi connectivity index (χ0) is 12.3. The van der Waals surface area contributed by atoms with Gasteiger partial charge in [0.25, 0.3) is 0 Å². The fraction of sp³-hybridized carbons (Fsp3) is 0.500. The fourth-order valence-electron chi connectivity index (χ4n) is 1.65. The molecule has 90 valence electrons. The summed E-state index contributed by atoms with van der Waals surface area (Å²) < 4.78 is 13.8. The van der Waals surface area contributed by atoms with Crippen molar-refractivity contribution >= 4 is 11.6 Å². The van der Waals surface area contributed by atoms with Gasteiger partial charge in [-0.15, -0.1) is 0 Å². The fourth-order valence-corrected chi connectivity index (χ4v) is 1.92. The number of halogens is 2. The summed E-state index contributed by atoms with van der Waals surface area (Å²) in [5.41, 5.74) is 6.52. The van der Waals surface area contributed by atoms with Crippen molar-refractivity contribution in [3.05, 3.63) is 34.1 Å². The Bertz CT molecular complexity index is 370. The molecule has 0 spiro atoms. The lowest BCUT2D eigenvalue weighted by Crippen LogP contribution is -2.27. The number of benzene rings is 1. The Morgan fingerprint density at radius 3 is 2.69 bits per heavy atom. The standard InChI is InChI=1S/C12H17ClFNO/c1-3-4-9(16)12(15)10-8(13)6-5-7(2)11(10)14/h5-6,9,12,16H,3-4,15H2,1-2H3/t9-,12-/m0/s1. The normalized spacial score (nSPS) is 14.9. The van der Waals surface area contributed by atoms with E-state index in [1.165, 1.54) is 0 Å². The molecule has 16 heavy (non-hydrogen) atoms. The van der Waals surface area contributed by atoms with Gasteiger partial charge in [0.05, 0.1) is 12.1 Å². The first kappa shape index (κ1) is 13.4. The summed E-state index contributed by atoms with van der Waals surface area (Å²) in [6.07, 6.45) is 0.559. The molecule has 0 aliphatic rings. The molecule has 1 rings (SSSR count). The second kappa shape index (κ2) is 5.62. The van der Waals surface area contributed by atoms with Crippen LogP contribution in [0.4, 0.5) is 4.39 Å². The number of hydrogen-bond acceptors (Lipinski definition) is 2. The maximum Gasteiger partial charge on any atom is 0.132 e. The third-order valence-corrected chi connectivity index (χ3v) is 2.98. The van der Waals surface area contributed by atoms with Crippen molar-refractivity contribution in [1.29, 1.82) is 0 Å². The third-order valence-electron chi connectivity index (χ3n) is 2.65. The van der Waals surface area contributed by atoms with Gasteiger partial charge in [0.1, 0.15) is 5.82 Å².